The van der Waals surface area contributed by atoms with Crippen molar-refractivity contribution in [3.05, 3.63) is 90.0 Å². The van der Waals surface area contributed by atoms with Crippen LogP contribution in [0.1, 0.15) is 24.0 Å². The molecule has 0 radical (unpaired) electrons. The van der Waals surface area contributed by atoms with Gasteiger partial charge in [0.1, 0.15) is 11.0 Å². The van der Waals surface area contributed by atoms with Gasteiger partial charge in [0, 0.05) is 15.7 Å². The van der Waals surface area contributed by atoms with Gasteiger partial charge in [-0.3, -0.25) is 4.79 Å². The molecule has 1 atom stereocenters. The molecule has 1 aliphatic heterocycles. The SMILES string of the molecule is CC(=O)C(C1c2ccccc2Sc2ccccc21)S(=O)(=O)c1ccccc1. The number of benzene rings is 3. The fourth-order valence-corrected chi connectivity index (χ4v) is 6.74. The van der Waals surface area contributed by atoms with E-state index in [0.29, 0.717) is 0 Å². The highest BCUT2D eigenvalue weighted by molar-refractivity contribution is 7.99. The van der Waals surface area contributed by atoms with Gasteiger partial charge in [0.25, 0.3) is 0 Å². The van der Waals surface area contributed by atoms with Crippen LogP contribution in [-0.2, 0) is 14.6 Å². The molecule has 0 aromatic heterocycles. The van der Waals surface area contributed by atoms with Gasteiger partial charge in [-0.25, -0.2) is 8.42 Å². The maximum Gasteiger partial charge on any atom is 0.189 e. The quantitative estimate of drug-likeness (QED) is 0.643. The molecule has 0 fully saturated rings. The van der Waals surface area contributed by atoms with Crippen LogP contribution in [0.25, 0.3) is 0 Å². The number of ketones is 1. The van der Waals surface area contributed by atoms with Crippen molar-refractivity contribution in [3.63, 3.8) is 0 Å². The van der Waals surface area contributed by atoms with Gasteiger partial charge >= 0.3 is 0 Å². The third-order valence-electron chi connectivity index (χ3n) is 4.84. The second-order valence-electron chi connectivity index (χ2n) is 6.54. The average molecular weight is 395 g/mol. The largest absolute Gasteiger partial charge is 0.299 e. The van der Waals surface area contributed by atoms with Gasteiger partial charge in [-0.05, 0) is 42.3 Å². The molecule has 0 saturated heterocycles. The Morgan fingerprint density at radius 3 is 1.81 bits per heavy atom. The monoisotopic (exact) mass is 394 g/mol. The Hall–Kier alpha value is -2.37. The van der Waals surface area contributed by atoms with E-state index in [2.05, 4.69) is 0 Å². The molecule has 0 amide bonds. The van der Waals surface area contributed by atoms with Crippen molar-refractivity contribution in [1.82, 2.24) is 0 Å². The average Bonchev–Trinajstić information content (AvgIpc) is 2.68. The molecule has 136 valence electrons. The Kier molecular flexibility index (Phi) is 4.66. The van der Waals surface area contributed by atoms with Crippen molar-refractivity contribution in [2.24, 2.45) is 0 Å². The van der Waals surface area contributed by atoms with Crippen LogP contribution in [0.2, 0.25) is 0 Å². The number of Topliss-reactive ketones (excluding diaryl/α,β-unsaturated/α-hetero) is 1. The zero-order valence-corrected chi connectivity index (χ0v) is 16.3. The normalized spacial score (nSPS) is 14.9. The van der Waals surface area contributed by atoms with Crippen LogP contribution in [-0.4, -0.2) is 19.5 Å². The first-order valence-corrected chi connectivity index (χ1v) is 11.0. The predicted octanol–water partition coefficient (Wildman–Crippen LogP) is 4.71. The second-order valence-corrected chi connectivity index (χ2v) is 9.70. The second kappa shape index (κ2) is 6.98. The first-order valence-electron chi connectivity index (χ1n) is 8.65. The Labute approximate surface area is 163 Å². The van der Waals surface area contributed by atoms with Gasteiger partial charge in [0.2, 0.25) is 0 Å². The Bertz CT molecular complexity index is 1060. The number of hydrogen-bond acceptors (Lipinski definition) is 4. The molecule has 0 bridgehead atoms. The summed E-state index contributed by atoms with van der Waals surface area (Å²) >= 11 is 1.62. The molecule has 0 spiro atoms. The van der Waals surface area contributed by atoms with Crippen molar-refractivity contribution in [2.75, 3.05) is 0 Å². The van der Waals surface area contributed by atoms with E-state index >= 15 is 0 Å². The standard InChI is InChI=1S/C22H18O3S2/c1-15(23)22(27(24,25)16-9-3-2-4-10-16)21-17-11-5-7-13-19(17)26-20-14-8-6-12-18(20)21/h2-14,21-22H,1H3. The molecule has 3 aromatic rings. The van der Waals surface area contributed by atoms with Gasteiger partial charge in [0.15, 0.2) is 9.84 Å². The molecule has 3 nitrogen and oxygen atoms in total. The molecule has 5 heteroatoms. The highest BCUT2D eigenvalue weighted by Crippen LogP contribution is 2.48. The van der Waals surface area contributed by atoms with E-state index in [0.717, 1.165) is 20.9 Å². The minimum atomic E-state index is -3.84. The van der Waals surface area contributed by atoms with Crippen LogP contribution in [0.3, 0.4) is 0 Å². The van der Waals surface area contributed by atoms with Crippen molar-refractivity contribution >= 4 is 27.4 Å². The third kappa shape index (κ3) is 3.11. The summed E-state index contributed by atoms with van der Waals surface area (Å²) in [5, 5.41) is -1.16. The number of fused-ring (bicyclic) bond motifs is 2. The van der Waals surface area contributed by atoms with Gasteiger partial charge in [-0.2, -0.15) is 0 Å². The molecule has 0 aliphatic carbocycles. The van der Waals surface area contributed by atoms with Crippen molar-refractivity contribution < 1.29 is 13.2 Å². The van der Waals surface area contributed by atoms with Gasteiger partial charge in [-0.15, -0.1) is 0 Å². The third-order valence-corrected chi connectivity index (χ3v) is 8.22. The lowest BCUT2D eigenvalue weighted by Crippen LogP contribution is -2.36. The van der Waals surface area contributed by atoms with E-state index < -0.39 is 21.0 Å². The van der Waals surface area contributed by atoms with Gasteiger partial charge in [0.05, 0.1) is 4.90 Å². The van der Waals surface area contributed by atoms with Crippen LogP contribution < -0.4 is 0 Å². The predicted molar refractivity (Wildman–Crippen MR) is 107 cm³/mol. The van der Waals surface area contributed by atoms with Crippen molar-refractivity contribution in [1.29, 1.82) is 0 Å². The number of carbonyl (C=O) groups excluding carboxylic acids is 1. The van der Waals surface area contributed by atoms with Crippen LogP contribution in [0.4, 0.5) is 0 Å². The summed E-state index contributed by atoms with van der Waals surface area (Å²) in [6.07, 6.45) is 0. The minimum Gasteiger partial charge on any atom is -0.299 e. The molecular formula is C22H18O3S2. The van der Waals surface area contributed by atoms with E-state index in [4.69, 9.17) is 0 Å². The molecular weight excluding hydrogens is 376 g/mol. The van der Waals surface area contributed by atoms with Crippen LogP contribution in [0, 0.1) is 0 Å². The molecule has 0 N–H and O–H groups in total. The highest BCUT2D eigenvalue weighted by Gasteiger charge is 2.43. The summed E-state index contributed by atoms with van der Waals surface area (Å²) in [4.78, 5) is 14.9. The zero-order chi connectivity index (χ0) is 19.0. The molecule has 1 heterocycles. The smallest absolute Gasteiger partial charge is 0.189 e. The minimum absolute atomic E-state index is 0.179. The maximum absolute atomic E-state index is 13.5. The number of hydrogen-bond donors (Lipinski definition) is 0. The van der Waals surface area contributed by atoms with Gasteiger partial charge < -0.3 is 0 Å². The molecule has 1 aliphatic rings. The number of sulfone groups is 1. The molecule has 4 rings (SSSR count). The van der Waals surface area contributed by atoms with Crippen LogP contribution in [0.5, 0.6) is 0 Å². The highest BCUT2D eigenvalue weighted by atomic mass is 32.2. The van der Waals surface area contributed by atoms with E-state index in [1.165, 1.54) is 6.92 Å². The van der Waals surface area contributed by atoms with E-state index in [1.807, 2.05) is 48.5 Å². The first kappa shape index (κ1) is 18.0. The summed E-state index contributed by atoms with van der Waals surface area (Å²) in [5.41, 5.74) is 1.78. The maximum atomic E-state index is 13.5. The first-order chi connectivity index (χ1) is 13.0. The van der Waals surface area contributed by atoms with E-state index in [9.17, 15) is 13.2 Å². The summed E-state index contributed by atoms with van der Waals surface area (Å²) in [7, 11) is -3.84. The molecule has 1 unspecified atom stereocenters. The van der Waals surface area contributed by atoms with E-state index in [-0.39, 0.29) is 10.7 Å². The fraction of sp³-hybridized carbons (Fsp3) is 0.136. The summed E-state index contributed by atoms with van der Waals surface area (Å²) in [5.74, 6) is -0.873. The summed E-state index contributed by atoms with van der Waals surface area (Å²) < 4.78 is 26.9. The van der Waals surface area contributed by atoms with Crippen molar-refractivity contribution in [3.8, 4) is 0 Å². The van der Waals surface area contributed by atoms with E-state index in [1.54, 1.807) is 42.1 Å². The Morgan fingerprint density at radius 2 is 1.30 bits per heavy atom. The van der Waals surface area contributed by atoms with Crippen LogP contribution in [0.15, 0.2) is 93.5 Å². The summed E-state index contributed by atoms with van der Waals surface area (Å²) in [6, 6.07) is 23.7. The molecule has 3 aromatic carbocycles. The molecule has 27 heavy (non-hydrogen) atoms. The lowest BCUT2D eigenvalue weighted by atomic mass is 9.86. The summed E-state index contributed by atoms with van der Waals surface area (Å²) in [6.45, 7) is 1.37. The Balaban J connectivity index is 1.96. The molecule has 0 saturated carbocycles. The lowest BCUT2D eigenvalue weighted by molar-refractivity contribution is -0.116. The topological polar surface area (TPSA) is 51.2 Å². The van der Waals surface area contributed by atoms with Gasteiger partial charge in [-0.1, -0.05) is 66.4 Å². The number of rotatable bonds is 4. The zero-order valence-electron chi connectivity index (χ0n) is 14.7. The fourth-order valence-electron chi connectivity index (χ4n) is 3.66. The number of carbonyl (C=O) groups is 1. The lowest BCUT2D eigenvalue weighted by Gasteiger charge is -2.32. The Morgan fingerprint density at radius 1 is 0.815 bits per heavy atom. The van der Waals surface area contributed by atoms with Crippen LogP contribution >= 0.6 is 11.8 Å². The van der Waals surface area contributed by atoms with Crippen molar-refractivity contribution in [2.45, 2.75) is 32.8 Å².